The zero-order valence-electron chi connectivity index (χ0n) is 10.3. The molecule has 102 valence electrons. The highest BCUT2D eigenvalue weighted by Gasteiger charge is 2.26. The van der Waals surface area contributed by atoms with Gasteiger partial charge in [0.1, 0.15) is 0 Å². The Hall–Kier alpha value is -1.27. The zero-order chi connectivity index (χ0) is 14.0. The van der Waals surface area contributed by atoms with Gasteiger partial charge in [0.25, 0.3) is 11.6 Å². The number of hydrogen-bond donors (Lipinski definition) is 0. The summed E-state index contributed by atoms with van der Waals surface area (Å²) in [5.41, 5.74) is 0.201. The number of hydrogen-bond acceptors (Lipinski definition) is 4. The van der Waals surface area contributed by atoms with E-state index in [-0.39, 0.29) is 22.7 Å². The van der Waals surface area contributed by atoms with E-state index in [1.54, 1.807) is 11.9 Å². The van der Waals surface area contributed by atoms with Crippen molar-refractivity contribution < 1.29 is 9.72 Å². The van der Waals surface area contributed by atoms with Gasteiger partial charge >= 0.3 is 0 Å². The standard InChI is InChI=1S/C12H13ClN2O3S/c1-14(9-4-5-19-7-9)12(16)10-3-2-8(15(17)18)6-11(10)13/h2-3,6,9H,4-5,7H2,1H3. The van der Waals surface area contributed by atoms with Crippen molar-refractivity contribution in [3.05, 3.63) is 38.9 Å². The van der Waals surface area contributed by atoms with E-state index < -0.39 is 4.92 Å². The van der Waals surface area contributed by atoms with Crippen LogP contribution in [0.15, 0.2) is 18.2 Å². The van der Waals surface area contributed by atoms with E-state index in [4.69, 9.17) is 11.6 Å². The van der Waals surface area contributed by atoms with Gasteiger partial charge in [0.2, 0.25) is 0 Å². The predicted molar refractivity (Wildman–Crippen MR) is 75.9 cm³/mol. The van der Waals surface area contributed by atoms with Crippen LogP contribution in [-0.2, 0) is 0 Å². The Balaban J connectivity index is 2.21. The molecule has 1 aromatic carbocycles. The quantitative estimate of drug-likeness (QED) is 0.636. The fourth-order valence-corrected chi connectivity index (χ4v) is 3.50. The molecular formula is C12H13ClN2O3S. The van der Waals surface area contributed by atoms with Crippen LogP contribution in [0.25, 0.3) is 0 Å². The van der Waals surface area contributed by atoms with Crippen LogP contribution in [0.5, 0.6) is 0 Å². The normalized spacial score (nSPS) is 18.3. The molecular weight excluding hydrogens is 288 g/mol. The predicted octanol–water partition coefficient (Wildman–Crippen LogP) is 2.83. The minimum absolute atomic E-state index is 0.111. The highest BCUT2D eigenvalue weighted by atomic mass is 35.5. The van der Waals surface area contributed by atoms with Crippen LogP contribution >= 0.6 is 23.4 Å². The Labute approximate surface area is 120 Å². The Kier molecular flexibility index (Phi) is 4.31. The van der Waals surface area contributed by atoms with Crippen LogP contribution < -0.4 is 0 Å². The van der Waals surface area contributed by atoms with Crippen molar-refractivity contribution in [1.29, 1.82) is 0 Å². The lowest BCUT2D eigenvalue weighted by atomic mass is 10.1. The summed E-state index contributed by atoms with van der Waals surface area (Å²) in [5, 5.41) is 10.7. The fraction of sp³-hybridized carbons (Fsp3) is 0.417. The van der Waals surface area contributed by atoms with Crippen molar-refractivity contribution >= 4 is 35.0 Å². The second-order valence-electron chi connectivity index (χ2n) is 4.35. The van der Waals surface area contributed by atoms with Crippen molar-refractivity contribution in [2.75, 3.05) is 18.6 Å². The van der Waals surface area contributed by atoms with E-state index in [0.29, 0.717) is 5.56 Å². The van der Waals surface area contributed by atoms with Crippen molar-refractivity contribution in [1.82, 2.24) is 4.90 Å². The first-order valence-electron chi connectivity index (χ1n) is 5.79. The van der Waals surface area contributed by atoms with E-state index in [1.807, 2.05) is 11.8 Å². The van der Waals surface area contributed by atoms with E-state index in [2.05, 4.69) is 0 Å². The summed E-state index contributed by atoms with van der Waals surface area (Å²) in [5.74, 6) is 1.79. The number of nitrogens with zero attached hydrogens (tertiary/aromatic N) is 2. The average molecular weight is 301 g/mol. The van der Waals surface area contributed by atoms with Gasteiger partial charge in [0.15, 0.2) is 0 Å². The number of thioether (sulfide) groups is 1. The summed E-state index contributed by atoms with van der Waals surface area (Å²) in [6.07, 6.45) is 0.970. The molecule has 1 unspecified atom stereocenters. The van der Waals surface area contributed by atoms with E-state index in [9.17, 15) is 14.9 Å². The molecule has 1 fully saturated rings. The molecule has 0 bridgehead atoms. The number of benzene rings is 1. The van der Waals surface area contributed by atoms with Gasteiger partial charge in [-0.25, -0.2) is 0 Å². The van der Waals surface area contributed by atoms with Crippen molar-refractivity contribution in [3.8, 4) is 0 Å². The van der Waals surface area contributed by atoms with Gasteiger partial charge in [-0.15, -0.1) is 0 Å². The van der Waals surface area contributed by atoms with Crippen LogP contribution in [0, 0.1) is 10.1 Å². The highest BCUT2D eigenvalue weighted by Crippen LogP contribution is 2.26. The number of rotatable bonds is 3. The van der Waals surface area contributed by atoms with Crippen molar-refractivity contribution in [2.45, 2.75) is 12.5 Å². The van der Waals surface area contributed by atoms with Crippen molar-refractivity contribution in [3.63, 3.8) is 0 Å². The Morgan fingerprint density at radius 2 is 2.32 bits per heavy atom. The molecule has 1 atom stereocenters. The molecule has 2 rings (SSSR count). The van der Waals surface area contributed by atoms with Gasteiger partial charge in [-0.05, 0) is 18.2 Å². The third-order valence-electron chi connectivity index (χ3n) is 3.17. The topological polar surface area (TPSA) is 63.5 Å². The molecule has 0 radical (unpaired) electrons. The minimum atomic E-state index is -0.530. The first-order chi connectivity index (χ1) is 9.00. The summed E-state index contributed by atoms with van der Waals surface area (Å²) in [4.78, 5) is 24.1. The highest BCUT2D eigenvalue weighted by molar-refractivity contribution is 7.99. The number of halogens is 1. The van der Waals surface area contributed by atoms with Gasteiger partial charge in [-0.2, -0.15) is 11.8 Å². The molecule has 0 saturated carbocycles. The van der Waals surface area contributed by atoms with E-state index in [1.165, 1.54) is 18.2 Å². The van der Waals surface area contributed by atoms with E-state index >= 15 is 0 Å². The molecule has 0 aliphatic carbocycles. The summed E-state index contributed by atoms with van der Waals surface area (Å²) in [6.45, 7) is 0. The van der Waals surface area contributed by atoms with Gasteiger partial charge in [-0.3, -0.25) is 14.9 Å². The molecule has 0 N–H and O–H groups in total. The monoisotopic (exact) mass is 300 g/mol. The molecule has 1 aliphatic rings. The van der Waals surface area contributed by atoms with Crippen LogP contribution in [-0.4, -0.2) is 40.3 Å². The van der Waals surface area contributed by atoms with Crippen molar-refractivity contribution in [2.24, 2.45) is 0 Å². The maximum Gasteiger partial charge on any atom is 0.270 e. The molecule has 7 heteroatoms. The molecule has 1 aliphatic heterocycles. The lowest BCUT2D eigenvalue weighted by Gasteiger charge is -2.24. The third kappa shape index (κ3) is 3.01. The van der Waals surface area contributed by atoms with Crippen LogP contribution in [0.3, 0.4) is 0 Å². The van der Waals surface area contributed by atoms with Gasteiger partial charge < -0.3 is 4.90 Å². The second-order valence-corrected chi connectivity index (χ2v) is 5.91. The molecule has 5 nitrogen and oxygen atoms in total. The Bertz CT molecular complexity index is 518. The third-order valence-corrected chi connectivity index (χ3v) is 4.63. The molecule has 0 aromatic heterocycles. The molecule has 1 heterocycles. The average Bonchev–Trinajstić information content (AvgIpc) is 2.90. The summed E-state index contributed by atoms with van der Waals surface area (Å²) >= 11 is 7.78. The van der Waals surface area contributed by atoms with Gasteiger partial charge in [-0.1, -0.05) is 11.6 Å². The lowest BCUT2D eigenvalue weighted by Crippen LogP contribution is -2.37. The first kappa shape index (κ1) is 14.1. The van der Waals surface area contributed by atoms with E-state index in [0.717, 1.165) is 17.9 Å². The number of carbonyl (C=O) groups excluding carboxylic acids is 1. The number of nitro benzene ring substituents is 1. The summed E-state index contributed by atoms with van der Waals surface area (Å²) in [7, 11) is 1.75. The maximum absolute atomic E-state index is 12.3. The Morgan fingerprint density at radius 1 is 1.58 bits per heavy atom. The molecule has 1 aromatic rings. The molecule has 1 amide bonds. The minimum Gasteiger partial charge on any atom is -0.338 e. The molecule has 1 saturated heterocycles. The smallest absolute Gasteiger partial charge is 0.270 e. The summed E-state index contributed by atoms with van der Waals surface area (Å²) in [6, 6.07) is 4.15. The lowest BCUT2D eigenvalue weighted by molar-refractivity contribution is -0.384. The molecule has 0 spiro atoms. The SMILES string of the molecule is CN(C(=O)c1ccc([N+](=O)[O-])cc1Cl)C1CCSC1. The first-order valence-corrected chi connectivity index (χ1v) is 7.33. The Morgan fingerprint density at radius 3 is 2.84 bits per heavy atom. The van der Waals surface area contributed by atoms with Crippen LogP contribution in [0.2, 0.25) is 5.02 Å². The van der Waals surface area contributed by atoms with Gasteiger partial charge in [0.05, 0.1) is 15.5 Å². The largest absolute Gasteiger partial charge is 0.338 e. The number of nitro groups is 1. The van der Waals surface area contributed by atoms with Gasteiger partial charge in [0, 0.05) is 31.0 Å². The van der Waals surface area contributed by atoms with Crippen LogP contribution in [0.4, 0.5) is 5.69 Å². The zero-order valence-corrected chi connectivity index (χ0v) is 11.9. The maximum atomic E-state index is 12.3. The molecule has 19 heavy (non-hydrogen) atoms. The summed E-state index contributed by atoms with van der Waals surface area (Å²) < 4.78 is 0. The van der Waals surface area contributed by atoms with Crippen LogP contribution in [0.1, 0.15) is 16.8 Å². The number of amides is 1. The number of non-ortho nitro benzene ring substituents is 1. The number of carbonyl (C=O) groups is 1. The second kappa shape index (κ2) is 5.79. The fourth-order valence-electron chi connectivity index (χ4n) is 1.97.